The SMILES string of the molecule is CC(C)N1[C@H](c2ccccc2)[C@@H]1c1ccccc1. The topological polar surface area (TPSA) is 3.01 Å². The molecule has 0 aliphatic carbocycles. The second-order valence-electron chi connectivity index (χ2n) is 5.25. The first-order chi connectivity index (χ1) is 8.79. The summed E-state index contributed by atoms with van der Waals surface area (Å²) in [4.78, 5) is 2.57. The Morgan fingerprint density at radius 3 is 1.44 bits per heavy atom. The quantitative estimate of drug-likeness (QED) is 0.723. The second kappa shape index (κ2) is 4.58. The maximum Gasteiger partial charge on any atom is 0.0555 e. The third-order valence-electron chi connectivity index (χ3n) is 3.73. The molecule has 1 fully saturated rings. The van der Waals surface area contributed by atoms with Crippen molar-refractivity contribution < 1.29 is 0 Å². The summed E-state index contributed by atoms with van der Waals surface area (Å²) < 4.78 is 0. The molecule has 0 saturated carbocycles. The lowest BCUT2D eigenvalue weighted by Crippen LogP contribution is -2.10. The van der Waals surface area contributed by atoms with Crippen molar-refractivity contribution in [2.45, 2.75) is 32.0 Å². The second-order valence-corrected chi connectivity index (χ2v) is 5.25. The molecule has 92 valence electrons. The van der Waals surface area contributed by atoms with Gasteiger partial charge in [-0.25, -0.2) is 0 Å². The average molecular weight is 237 g/mol. The summed E-state index contributed by atoms with van der Waals surface area (Å²) in [6, 6.07) is 23.3. The first kappa shape index (κ1) is 11.5. The van der Waals surface area contributed by atoms with E-state index in [4.69, 9.17) is 0 Å². The summed E-state index contributed by atoms with van der Waals surface area (Å²) in [5.74, 6) is 0. The fourth-order valence-corrected chi connectivity index (χ4v) is 2.90. The number of hydrogen-bond donors (Lipinski definition) is 0. The van der Waals surface area contributed by atoms with Gasteiger partial charge >= 0.3 is 0 Å². The van der Waals surface area contributed by atoms with E-state index in [0.717, 1.165) is 0 Å². The molecule has 0 bridgehead atoms. The molecule has 1 unspecified atom stereocenters. The van der Waals surface area contributed by atoms with Gasteiger partial charge in [0.25, 0.3) is 0 Å². The smallest absolute Gasteiger partial charge is 0.0555 e. The molecular formula is C17H19N. The number of benzene rings is 2. The summed E-state index contributed by atoms with van der Waals surface area (Å²) in [7, 11) is 0. The molecule has 0 aromatic heterocycles. The van der Waals surface area contributed by atoms with Gasteiger partial charge in [-0.2, -0.15) is 0 Å². The third kappa shape index (κ3) is 1.95. The molecule has 1 heteroatoms. The van der Waals surface area contributed by atoms with Crippen LogP contribution < -0.4 is 0 Å². The van der Waals surface area contributed by atoms with E-state index in [-0.39, 0.29) is 0 Å². The van der Waals surface area contributed by atoms with Crippen molar-refractivity contribution in [2.75, 3.05) is 0 Å². The Balaban J connectivity index is 1.91. The zero-order valence-electron chi connectivity index (χ0n) is 11.0. The molecule has 1 heterocycles. The third-order valence-corrected chi connectivity index (χ3v) is 3.73. The van der Waals surface area contributed by atoms with Crippen LogP contribution in [0.15, 0.2) is 60.7 Å². The molecule has 18 heavy (non-hydrogen) atoms. The Labute approximate surface area is 109 Å². The number of hydrogen-bond acceptors (Lipinski definition) is 1. The molecule has 2 aromatic rings. The van der Waals surface area contributed by atoms with Crippen LogP contribution in [0, 0.1) is 0 Å². The average Bonchev–Trinajstić information content (AvgIpc) is 3.16. The molecule has 0 radical (unpaired) electrons. The first-order valence-electron chi connectivity index (χ1n) is 6.66. The molecule has 0 spiro atoms. The van der Waals surface area contributed by atoms with Crippen molar-refractivity contribution in [2.24, 2.45) is 0 Å². The maximum absolute atomic E-state index is 2.57. The van der Waals surface area contributed by atoms with Gasteiger partial charge in [-0.1, -0.05) is 60.7 Å². The molecule has 1 aliphatic heterocycles. The molecule has 3 atom stereocenters. The van der Waals surface area contributed by atoms with Crippen LogP contribution in [0.5, 0.6) is 0 Å². The van der Waals surface area contributed by atoms with Crippen LogP contribution in [0.2, 0.25) is 0 Å². The number of nitrogens with zero attached hydrogens (tertiary/aromatic N) is 1. The molecule has 1 nitrogen and oxygen atoms in total. The van der Waals surface area contributed by atoms with Gasteiger partial charge in [0, 0.05) is 6.04 Å². The lowest BCUT2D eigenvalue weighted by Gasteiger charge is -2.07. The van der Waals surface area contributed by atoms with Crippen molar-refractivity contribution in [1.82, 2.24) is 4.90 Å². The maximum atomic E-state index is 2.57. The van der Waals surface area contributed by atoms with Crippen molar-refractivity contribution in [3.8, 4) is 0 Å². The first-order valence-corrected chi connectivity index (χ1v) is 6.66. The molecule has 2 aromatic carbocycles. The minimum absolute atomic E-state index is 0.550. The van der Waals surface area contributed by atoms with Gasteiger partial charge < -0.3 is 0 Å². The zero-order chi connectivity index (χ0) is 12.5. The van der Waals surface area contributed by atoms with Crippen LogP contribution in [0.4, 0.5) is 0 Å². The zero-order valence-corrected chi connectivity index (χ0v) is 11.0. The van der Waals surface area contributed by atoms with Crippen molar-refractivity contribution in [3.05, 3.63) is 71.8 Å². The van der Waals surface area contributed by atoms with Gasteiger partial charge in [0.15, 0.2) is 0 Å². The molecular weight excluding hydrogens is 218 g/mol. The lowest BCUT2D eigenvalue weighted by molar-refractivity contribution is 0.401. The van der Waals surface area contributed by atoms with Gasteiger partial charge in [0.2, 0.25) is 0 Å². The summed E-state index contributed by atoms with van der Waals surface area (Å²) in [5.41, 5.74) is 2.86. The fraction of sp³-hybridized carbons (Fsp3) is 0.294. The van der Waals surface area contributed by atoms with Crippen LogP contribution >= 0.6 is 0 Å². The summed E-state index contributed by atoms with van der Waals surface area (Å²) in [5, 5.41) is 0. The van der Waals surface area contributed by atoms with Crippen molar-refractivity contribution in [1.29, 1.82) is 0 Å². The van der Waals surface area contributed by atoms with Crippen LogP contribution in [-0.4, -0.2) is 10.9 Å². The highest BCUT2D eigenvalue weighted by molar-refractivity contribution is 5.35. The highest BCUT2D eigenvalue weighted by Gasteiger charge is 2.50. The molecule has 0 amide bonds. The van der Waals surface area contributed by atoms with E-state index in [1.54, 1.807) is 0 Å². The predicted octanol–water partition coefficient (Wildman–Crippen LogP) is 4.19. The molecule has 1 aliphatic rings. The van der Waals surface area contributed by atoms with Gasteiger partial charge in [-0.05, 0) is 25.0 Å². The monoisotopic (exact) mass is 237 g/mol. The highest BCUT2D eigenvalue weighted by Crippen LogP contribution is 2.55. The Kier molecular flexibility index (Phi) is 2.92. The van der Waals surface area contributed by atoms with Gasteiger partial charge in [0.05, 0.1) is 12.1 Å². The van der Waals surface area contributed by atoms with E-state index < -0.39 is 0 Å². The van der Waals surface area contributed by atoms with Crippen LogP contribution in [0.1, 0.15) is 37.1 Å². The van der Waals surface area contributed by atoms with E-state index in [1.165, 1.54) is 11.1 Å². The fourth-order valence-electron chi connectivity index (χ4n) is 2.90. The number of rotatable bonds is 3. The normalized spacial score (nSPS) is 26.3. The Bertz CT molecular complexity index is 458. The van der Waals surface area contributed by atoms with Crippen LogP contribution in [-0.2, 0) is 0 Å². The lowest BCUT2D eigenvalue weighted by atomic mass is 10.0. The van der Waals surface area contributed by atoms with E-state index in [1.807, 2.05) is 0 Å². The Hall–Kier alpha value is -1.60. The molecule has 3 rings (SSSR count). The van der Waals surface area contributed by atoms with Crippen LogP contribution in [0.3, 0.4) is 0 Å². The minimum Gasteiger partial charge on any atom is -0.283 e. The van der Waals surface area contributed by atoms with E-state index in [0.29, 0.717) is 18.1 Å². The van der Waals surface area contributed by atoms with Gasteiger partial charge in [-0.15, -0.1) is 0 Å². The summed E-state index contributed by atoms with van der Waals surface area (Å²) in [6.07, 6.45) is 0. The van der Waals surface area contributed by atoms with E-state index in [2.05, 4.69) is 79.4 Å². The molecule has 1 saturated heterocycles. The largest absolute Gasteiger partial charge is 0.283 e. The minimum atomic E-state index is 0.550. The molecule has 0 N–H and O–H groups in total. The Morgan fingerprint density at radius 1 is 0.722 bits per heavy atom. The predicted molar refractivity (Wildman–Crippen MR) is 75.3 cm³/mol. The van der Waals surface area contributed by atoms with E-state index >= 15 is 0 Å². The summed E-state index contributed by atoms with van der Waals surface area (Å²) >= 11 is 0. The highest BCUT2D eigenvalue weighted by atomic mass is 15.4. The van der Waals surface area contributed by atoms with Crippen molar-refractivity contribution in [3.63, 3.8) is 0 Å². The summed E-state index contributed by atoms with van der Waals surface area (Å²) in [6.45, 7) is 4.55. The van der Waals surface area contributed by atoms with Gasteiger partial charge in [0.1, 0.15) is 0 Å². The van der Waals surface area contributed by atoms with Gasteiger partial charge in [-0.3, -0.25) is 4.90 Å². The van der Waals surface area contributed by atoms with E-state index in [9.17, 15) is 0 Å². The standard InChI is InChI=1S/C17H19N/c1-13(2)18-16(14-9-5-3-6-10-14)17(18)15-11-7-4-8-12-15/h3-13,16-17H,1-2H3/t16-,17+,18?. The Morgan fingerprint density at radius 2 is 1.11 bits per heavy atom. The van der Waals surface area contributed by atoms with Crippen LogP contribution in [0.25, 0.3) is 0 Å². The van der Waals surface area contributed by atoms with Crippen molar-refractivity contribution >= 4 is 0 Å².